The molecule has 0 unspecified atom stereocenters. The van der Waals surface area contributed by atoms with Crippen molar-refractivity contribution < 1.29 is 13.9 Å². The summed E-state index contributed by atoms with van der Waals surface area (Å²) in [6.45, 7) is -0.00337. The summed E-state index contributed by atoms with van der Waals surface area (Å²) in [4.78, 5) is 0. The number of hydrogen-bond donors (Lipinski definition) is 0. The molecule has 0 saturated carbocycles. The lowest BCUT2D eigenvalue weighted by Crippen LogP contribution is -2.57. The molecule has 0 aliphatic carbocycles. The van der Waals surface area contributed by atoms with Gasteiger partial charge in [-0.15, -0.1) is 0 Å². The Bertz CT molecular complexity index is 3470. The third kappa shape index (κ3) is 4.46. The van der Waals surface area contributed by atoms with Crippen molar-refractivity contribution in [1.82, 2.24) is 0 Å². The first-order valence-corrected chi connectivity index (χ1v) is 19.9. The lowest BCUT2D eigenvalue weighted by molar-refractivity contribution is 0.465. The Morgan fingerprint density at radius 2 is 0.914 bits per heavy atom. The number of furan rings is 1. The zero-order chi connectivity index (χ0) is 37.9. The fraction of sp³-hybridized carbons (Fsp3) is 0. The first-order chi connectivity index (χ1) is 28.8. The molecule has 10 aromatic carbocycles. The van der Waals surface area contributed by atoms with Crippen molar-refractivity contribution >= 4 is 77.4 Å². The molecular formula is C54H31BO3. The van der Waals surface area contributed by atoms with Crippen molar-refractivity contribution in [3.63, 3.8) is 0 Å². The molecule has 3 heterocycles. The monoisotopic (exact) mass is 738 g/mol. The zero-order valence-corrected chi connectivity index (χ0v) is 31.2. The van der Waals surface area contributed by atoms with E-state index < -0.39 is 0 Å². The lowest BCUT2D eigenvalue weighted by atomic mass is 9.34. The molecule has 0 amide bonds. The molecule has 2 aliphatic heterocycles. The molecule has 0 radical (unpaired) electrons. The van der Waals surface area contributed by atoms with Gasteiger partial charge in [-0.05, 0) is 120 Å². The van der Waals surface area contributed by atoms with Gasteiger partial charge in [0.05, 0.1) is 0 Å². The number of ether oxygens (including phenoxy) is 2. The van der Waals surface area contributed by atoms with Gasteiger partial charge in [0, 0.05) is 21.8 Å². The van der Waals surface area contributed by atoms with Crippen LogP contribution < -0.4 is 25.9 Å². The third-order valence-corrected chi connectivity index (χ3v) is 12.4. The fourth-order valence-corrected chi connectivity index (χ4v) is 9.88. The van der Waals surface area contributed by atoms with E-state index in [1.807, 2.05) is 6.07 Å². The van der Waals surface area contributed by atoms with Crippen LogP contribution in [0.4, 0.5) is 0 Å². The Hall–Kier alpha value is -7.56. The van der Waals surface area contributed by atoms with E-state index in [1.54, 1.807) is 0 Å². The van der Waals surface area contributed by atoms with Crippen LogP contribution in [0.2, 0.25) is 0 Å². The summed E-state index contributed by atoms with van der Waals surface area (Å²) in [6, 6.07) is 67.2. The van der Waals surface area contributed by atoms with Gasteiger partial charge < -0.3 is 13.9 Å². The molecule has 0 saturated heterocycles. The van der Waals surface area contributed by atoms with Crippen LogP contribution in [0.5, 0.6) is 23.0 Å². The normalized spacial score (nSPS) is 12.7. The van der Waals surface area contributed by atoms with Crippen LogP contribution >= 0.6 is 0 Å². The summed E-state index contributed by atoms with van der Waals surface area (Å²) in [5.41, 5.74) is 12.1. The topological polar surface area (TPSA) is 31.6 Å². The summed E-state index contributed by atoms with van der Waals surface area (Å²) >= 11 is 0. The number of benzene rings is 10. The molecule has 4 heteroatoms. The molecule has 3 nitrogen and oxygen atoms in total. The third-order valence-electron chi connectivity index (χ3n) is 12.4. The highest BCUT2D eigenvalue weighted by atomic mass is 16.5. The second kappa shape index (κ2) is 12.0. The number of fused-ring (bicyclic) bond motifs is 10. The summed E-state index contributed by atoms with van der Waals surface area (Å²) in [5, 5.41) is 9.42. The van der Waals surface area contributed by atoms with Gasteiger partial charge in [-0.2, -0.15) is 0 Å². The highest BCUT2D eigenvalue weighted by Gasteiger charge is 2.41. The van der Waals surface area contributed by atoms with Crippen molar-refractivity contribution in [3.8, 4) is 56.4 Å². The maximum absolute atomic E-state index is 6.96. The Morgan fingerprint density at radius 1 is 0.345 bits per heavy atom. The minimum absolute atomic E-state index is 0.00337. The van der Waals surface area contributed by atoms with E-state index >= 15 is 0 Å². The molecule has 0 atom stereocenters. The van der Waals surface area contributed by atoms with E-state index in [9.17, 15) is 0 Å². The van der Waals surface area contributed by atoms with Gasteiger partial charge in [0.1, 0.15) is 34.2 Å². The van der Waals surface area contributed by atoms with Gasteiger partial charge in [-0.3, -0.25) is 0 Å². The average molecular weight is 739 g/mol. The standard InChI is InChI=1S/C54H31BO3/c1-2-14-33-31-50-43(29-32(33)13-1)42-30-34(25-27-46(42)56-50)51-37-17-5-7-19-39(37)52(40-20-8-6-18-38(40)51)36-16-4-3-15-35(36)41-26-28-49-53-54(41)58-48-24-12-10-22-45(48)55(53)44-21-9-11-23-47(44)57-49/h1-31H. The number of para-hydroxylation sites is 2. The molecule has 268 valence electrons. The van der Waals surface area contributed by atoms with Crippen LogP contribution in [0, 0.1) is 0 Å². The van der Waals surface area contributed by atoms with E-state index in [-0.39, 0.29) is 6.71 Å². The lowest BCUT2D eigenvalue weighted by Gasteiger charge is -2.34. The second-order valence-electron chi connectivity index (χ2n) is 15.5. The van der Waals surface area contributed by atoms with Crippen molar-refractivity contribution in [2.75, 3.05) is 0 Å². The summed E-state index contributed by atoms with van der Waals surface area (Å²) in [7, 11) is 0. The number of rotatable bonds is 3. The molecule has 11 aromatic rings. The fourth-order valence-electron chi connectivity index (χ4n) is 9.88. The van der Waals surface area contributed by atoms with Crippen LogP contribution in [-0.2, 0) is 0 Å². The van der Waals surface area contributed by atoms with Gasteiger partial charge >= 0.3 is 0 Å². The summed E-state index contributed by atoms with van der Waals surface area (Å²) in [5.74, 6) is 3.46. The molecule has 0 N–H and O–H groups in total. The van der Waals surface area contributed by atoms with E-state index in [0.29, 0.717) is 0 Å². The first-order valence-electron chi connectivity index (χ1n) is 19.9. The summed E-state index contributed by atoms with van der Waals surface area (Å²) in [6.07, 6.45) is 0. The predicted molar refractivity (Wildman–Crippen MR) is 240 cm³/mol. The molecule has 58 heavy (non-hydrogen) atoms. The second-order valence-corrected chi connectivity index (χ2v) is 15.5. The highest BCUT2D eigenvalue weighted by Crippen LogP contribution is 2.49. The largest absolute Gasteiger partial charge is 0.458 e. The first kappa shape index (κ1) is 31.6. The Balaban J connectivity index is 1.05. The molecular weight excluding hydrogens is 707 g/mol. The van der Waals surface area contributed by atoms with Gasteiger partial charge in [-0.25, -0.2) is 0 Å². The predicted octanol–water partition coefficient (Wildman–Crippen LogP) is 12.8. The van der Waals surface area contributed by atoms with Gasteiger partial charge in [0.2, 0.25) is 0 Å². The molecule has 13 rings (SSSR count). The molecule has 1 aromatic heterocycles. The SMILES string of the molecule is c1ccc2c(c1)Oc1ccc(-c3ccccc3-c3c4ccccc4c(-c4ccc5oc6cc7ccccc7cc6c5c4)c4ccccc34)c3c1B2c1ccccc1O3. The van der Waals surface area contributed by atoms with Crippen molar-refractivity contribution in [3.05, 3.63) is 188 Å². The van der Waals surface area contributed by atoms with Crippen molar-refractivity contribution in [1.29, 1.82) is 0 Å². The van der Waals surface area contributed by atoms with Crippen LogP contribution in [0.3, 0.4) is 0 Å². The van der Waals surface area contributed by atoms with E-state index in [1.165, 1.54) is 43.4 Å². The van der Waals surface area contributed by atoms with Crippen molar-refractivity contribution in [2.24, 2.45) is 0 Å². The minimum atomic E-state index is -0.00337. The van der Waals surface area contributed by atoms with Crippen LogP contribution in [0.15, 0.2) is 192 Å². The van der Waals surface area contributed by atoms with Crippen LogP contribution in [0.1, 0.15) is 0 Å². The minimum Gasteiger partial charge on any atom is -0.458 e. The molecule has 0 fully saturated rings. The zero-order valence-electron chi connectivity index (χ0n) is 31.2. The van der Waals surface area contributed by atoms with E-state index in [4.69, 9.17) is 13.9 Å². The maximum atomic E-state index is 6.96. The maximum Gasteiger partial charge on any atom is 0.260 e. The Kier molecular flexibility index (Phi) is 6.53. The van der Waals surface area contributed by atoms with E-state index in [0.717, 1.165) is 83.6 Å². The van der Waals surface area contributed by atoms with Crippen LogP contribution in [-0.4, -0.2) is 6.71 Å². The molecule has 0 spiro atoms. The summed E-state index contributed by atoms with van der Waals surface area (Å²) < 4.78 is 20.0. The van der Waals surface area contributed by atoms with Gasteiger partial charge in [0.25, 0.3) is 6.71 Å². The molecule has 2 aliphatic rings. The van der Waals surface area contributed by atoms with Crippen LogP contribution in [0.25, 0.3) is 87.6 Å². The Labute approximate surface area is 334 Å². The highest BCUT2D eigenvalue weighted by molar-refractivity contribution is 6.98. The average Bonchev–Trinajstić information content (AvgIpc) is 3.63. The number of hydrogen-bond acceptors (Lipinski definition) is 3. The van der Waals surface area contributed by atoms with Crippen molar-refractivity contribution in [2.45, 2.75) is 0 Å². The van der Waals surface area contributed by atoms with Gasteiger partial charge in [-0.1, -0.05) is 140 Å². The quantitative estimate of drug-likeness (QED) is 0.134. The van der Waals surface area contributed by atoms with Gasteiger partial charge in [0.15, 0.2) is 0 Å². The Morgan fingerprint density at radius 3 is 1.64 bits per heavy atom. The van der Waals surface area contributed by atoms with E-state index in [2.05, 4.69) is 182 Å². The smallest absolute Gasteiger partial charge is 0.260 e. The molecule has 0 bridgehead atoms.